The Kier molecular flexibility index (Phi) is 4.46. The van der Waals surface area contributed by atoms with Gasteiger partial charge in [0.15, 0.2) is 0 Å². The molecule has 0 spiro atoms. The summed E-state index contributed by atoms with van der Waals surface area (Å²) >= 11 is 0. The van der Waals surface area contributed by atoms with E-state index < -0.39 is 0 Å². The monoisotopic (exact) mass is 368 g/mol. The van der Waals surface area contributed by atoms with Crippen LogP contribution in [0.4, 0.5) is 0 Å². The van der Waals surface area contributed by atoms with Crippen molar-refractivity contribution in [3.8, 4) is 0 Å². The van der Waals surface area contributed by atoms with Gasteiger partial charge in [0.25, 0.3) is 0 Å². The Morgan fingerprint density at radius 1 is 0.893 bits per heavy atom. The molecule has 5 rings (SSSR count). The molecule has 0 unspecified atom stereocenters. The van der Waals surface area contributed by atoms with E-state index in [1.165, 1.54) is 27.5 Å². The van der Waals surface area contributed by atoms with Crippen LogP contribution in [0.25, 0.3) is 21.8 Å². The first-order chi connectivity index (χ1) is 13.8. The fourth-order valence-electron chi connectivity index (χ4n) is 4.49. The molecule has 0 fully saturated rings. The van der Waals surface area contributed by atoms with E-state index in [1.807, 2.05) is 10.6 Å². The molecular formula is C25H24N2O. The van der Waals surface area contributed by atoms with Crippen LogP contribution in [0.1, 0.15) is 34.3 Å². The fraction of sp³-hybridized carbons (Fsp3) is 0.240. The highest BCUT2D eigenvalue weighted by molar-refractivity contribution is 6.16. The summed E-state index contributed by atoms with van der Waals surface area (Å²) in [6.07, 6.45) is 3.55. The smallest absolute Gasteiger partial charge is 0.231 e. The predicted molar refractivity (Wildman–Crippen MR) is 115 cm³/mol. The molecule has 2 heterocycles. The maximum atomic E-state index is 12.6. The molecule has 0 amide bonds. The van der Waals surface area contributed by atoms with Crippen LogP contribution < -0.4 is 5.32 Å². The highest BCUT2D eigenvalue weighted by atomic mass is 16.2. The van der Waals surface area contributed by atoms with Gasteiger partial charge in [-0.05, 0) is 48.6 Å². The van der Waals surface area contributed by atoms with Crippen LogP contribution in [0, 0.1) is 0 Å². The topological polar surface area (TPSA) is 34.0 Å². The number of carbonyl (C=O) groups excluding carboxylic acids is 1. The third-order valence-electron chi connectivity index (χ3n) is 5.81. The van der Waals surface area contributed by atoms with Gasteiger partial charge >= 0.3 is 0 Å². The van der Waals surface area contributed by atoms with Crippen LogP contribution in [0.5, 0.6) is 0 Å². The first-order valence-corrected chi connectivity index (χ1v) is 10.1. The first kappa shape index (κ1) is 17.2. The standard InChI is InChI=1S/C25H24N2O/c28-23-15-14-20-13-12-19(9-6-16-26-17-18-7-2-1-3-8-18)24-21-10-4-5-11-22(21)27(23)25(20)24/h1-5,7-8,10-13,26H,6,9,14-17H2. The molecule has 0 atom stereocenters. The summed E-state index contributed by atoms with van der Waals surface area (Å²) < 4.78 is 1.96. The molecule has 3 nitrogen and oxygen atoms in total. The van der Waals surface area contributed by atoms with Crippen molar-refractivity contribution in [3.05, 3.63) is 83.4 Å². The van der Waals surface area contributed by atoms with Gasteiger partial charge in [0.1, 0.15) is 0 Å². The van der Waals surface area contributed by atoms with Gasteiger partial charge in [-0.2, -0.15) is 0 Å². The van der Waals surface area contributed by atoms with Crippen molar-refractivity contribution in [3.63, 3.8) is 0 Å². The van der Waals surface area contributed by atoms with E-state index in [4.69, 9.17) is 0 Å². The normalized spacial score (nSPS) is 13.5. The lowest BCUT2D eigenvalue weighted by molar-refractivity contribution is 0.0908. The molecule has 1 aromatic heterocycles. The zero-order valence-corrected chi connectivity index (χ0v) is 15.9. The molecule has 0 saturated heterocycles. The van der Waals surface area contributed by atoms with E-state index in [-0.39, 0.29) is 5.91 Å². The van der Waals surface area contributed by atoms with E-state index >= 15 is 0 Å². The lowest BCUT2D eigenvalue weighted by atomic mass is 9.96. The van der Waals surface area contributed by atoms with Gasteiger partial charge in [0.05, 0.1) is 11.0 Å². The summed E-state index contributed by atoms with van der Waals surface area (Å²) in [5.41, 5.74) is 6.17. The van der Waals surface area contributed by atoms with E-state index in [0.717, 1.165) is 43.4 Å². The third-order valence-corrected chi connectivity index (χ3v) is 5.81. The van der Waals surface area contributed by atoms with Crippen LogP contribution in [0.3, 0.4) is 0 Å². The average molecular weight is 368 g/mol. The number of rotatable bonds is 6. The van der Waals surface area contributed by atoms with Gasteiger partial charge in [-0.15, -0.1) is 0 Å². The van der Waals surface area contributed by atoms with Gasteiger partial charge in [-0.3, -0.25) is 9.36 Å². The molecule has 0 saturated carbocycles. The number of carbonyl (C=O) groups is 1. The van der Waals surface area contributed by atoms with Crippen molar-refractivity contribution in [2.24, 2.45) is 0 Å². The molecule has 28 heavy (non-hydrogen) atoms. The Morgan fingerprint density at radius 3 is 2.61 bits per heavy atom. The molecule has 1 aliphatic rings. The van der Waals surface area contributed by atoms with Crippen molar-refractivity contribution in [2.75, 3.05) is 6.54 Å². The summed E-state index contributed by atoms with van der Waals surface area (Å²) in [7, 11) is 0. The largest absolute Gasteiger partial charge is 0.313 e. The van der Waals surface area contributed by atoms with Gasteiger partial charge in [0.2, 0.25) is 5.91 Å². The van der Waals surface area contributed by atoms with E-state index in [2.05, 4.69) is 66.0 Å². The van der Waals surface area contributed by atoms with Gasteiger partial charge in [-0.25, -0.2) is 0 Å². The number of benzene rings is 3. The molecule has 0 radical (unpaired) electrons. The summed E-state index contributed by atoms with van der Waals surface area (Å²) in [4.78, 5) is 12.6. The van der Waals surface area contributed by atoms with Gasteiger partial charge in [0, 0.05) is 23.7 Å². The summed E-state index contributed by atoms with van der Waals surface area (Å²) in [5.74, 6) is 0.223. The zero-order chi connectivity index (χ0) is 18.9. The number of hydrogen-bond donors (Lipinski definition) is 1. The lowest BCUT2D eigenvalue weighted by Crippen LogP contribution is -2.17. The highest BCUT2D eigenvalue weighted by Crippen LogP contribution is 2.37. The number of nitrogens with zero attached hydrogens (tertiary/aromatic N) is 1. The molecule has 1 aliphatic heterocycles. The second kappa shape index (κ2) is 7.25. The summed E-state index contributed by atoms with van der Waals surface area (Å²) in [6.45, 7) is 1.89. The van der Waals surface area contributed by atoms with E-state index in [0.29, 0.717) is 6.42 Å². The van der Waals surface area contributed by atoms with Crippen LogP contribution >= 0.6 is 0 Å². The minimum atomic E-state index is 0.223. The molecule has 140 valence electrons. The second-order valence-electron chi connectivity index (χ2n) is 7.62. The zero-order valence-electron chi connectivity index (χ0n) is 15.9. The summed E-state index contributed by atoms with van der Waals surface area (Å²) in [6, 6.07) is 23.4. The van der Waals surface area contributed by atoms with Crippen molar-refractivity contribution >= 4 is 27.7 Å². The van der Waals surface area contributed by atoms with Crippen molar-refractivity contribution in [2.45, 2.75) is 32.2 Å². The Bertz CT molecular complexity index is 1160. The maximum absolute atomic E-state index is 12.6. The molecule has 1 N–H and O–H groups in total. The number of aryl methyl sites for hydroxylation is 2. The Hall–Kier alpha value is -2.91. The Morgan fingerprint density at radius 2 is 1.71 bits per heavy atom. The Labute approximate surface area is 165 Å². The SMILES string of the molecule is O=C1CCc2ccc(CCCNCc3ccccc3)c3c4ccccc4n1c23. The minimum absolute atomic E-state index is 0.223. The molecular weight excluding hydrogens is 344 g/mol. The molecule has 4 aromatic rings. The maximum Gasteiger partial charge on any atom is 0.231 e. The number of aromatic nitrogens is 1. The number of nitrogens with one attached hydrogen (secondary N) is 1. The van der Waals surface area contributed by atoms with Crippen molar-refractivity contribution in [1.82, 2.24) is 9.88 Å². The Balaban J connectivity index is 1.41. The third kappa shape index (κ3) is 2.92. The number of para-hydroxylation sites is 1. The quantitative estimate of drug-likeness (QED) is 0.480. The first-order valence-electron chi connectivity index (χ1n) is 10.1. The molecule has 0 bridgehead atoms. The van der Waals surface area contributed by atoms with Crippen molar-refractivity contribution < 1.29 is 4.79 Å². The van der Waals surface area contributed by atoms with E-state index in [9.17, 15) is 4.79 Å². The summed E-state index contributed by atoms with van der Waals surface area (Å²) in [5, 5.41) is 6.04. The molecule has 3 heteroatoms. The van der Waals surface area contributed by atoms with Crippen molar-refractivity contribution in [1.29, 1.82) is 0 Å². The van der Waals surface area contributed by atoms with Gasteiger partial charge < -0.3 is 5.32 Å². The highest BCUT2D eigenvalue weighted by Gasteiger charge is 2.24. The predicted octanol–water partition coefficient (Wildman–Crippen LogP) is 5.10. The van der Waals surface area contributed by atoms with Crippen LogP contribution in [-0.2, 0) is 19.4 Å². The lowest BCUT2D eigenvalue weighted by Gasteiger charge is -2.16. The number of fused-ring (bicyclic) bond motifs is 3. The fourth-order valence-corrected chi connectivity index (χ4v) is 4.49. The van der Waals surface area contributed by atoms with Gasteiger partial charge in [-0.1, -0.05) is 60.7 Å². The second-order valence-corrected chi connectivity index (χ2v) is 7.62. The molecule has 0 aliphatic carbocycles. The van der Waals surface area contributed by atoms with Crippen LogP contribution in [0.15, 0.2) is 66.7 Å². The van der Waals surface area contributed by atoms with Crippen LogP contribution in [-0.4, -0.2) is 17.0 Å². The molecule has 3 aromatic carbocycles. The minimum Gasteiger partial charge on any atom is -0.313 e. The average Bonchev–Trinajstić information content (AvgIpc) is 3.09. The van der Waals surface area contributed by atoms with Crippen LogP contribution in [0.2, 0.25) is 0 Å². The number of hydrogen-bond acceptors (Lipinski definition) is 2. The van der Waals surface area contributed by atoms with E-state index in [1.54, 1.807) is 0 Å².